The molecule has 1 atom stereocenters. The first kappa shape index (κ1) is 20.4. The molecule has 1 fully saturated rings. The number of benzene rings is 1. The van der Waals surface area contributed by atoms with Crippen molar-refractivity contribution in [2.24, 2.45) is 5.92 Å². The van der Waals surface area contributed by atoms with Crippen LogP contribution in [-0.4, -0.2) is 41.7 Å². The van der Waals surface area contributed by atoms with Gasteiger partial charge in [0, 0.05) is 13.0 Å². The van der Waals surface area contributed by atoms with Crippen molar-refractivity contribution in [3.05, 3.63) is 59.0 Å². The first-order valence-corrected chi connectivity index (χ1v) is 9.12. The highest BCUT2D eigenvalue weighted by molar-refractivity contribution is 6.33. The molecule has 1 aliphatic rings. The molecule has 1 aliphatic heterocycles. The average Bonchev–Trinajstić information content (AvgIpc) is 3.35. The topological polar surface area (TPSA) is 118 Å². The molecular formula is C19H18ClN3O6. The minimum atomic E-state index is -0.726. The minimum absolute atomic E-state index is 0.00437. The van der Waals surface area contributed by atoms with E-state index in [4.69, 9.17) is 20.8 Å². The van der Waals surface area contributed by atoms with Crippen LogP contribution in [0.2, 0.25) is 5.02 Å². The summed E-state index contributed by atoms with van der Waals surface area (Å²) in [5, 5.41) is 0.232. The molecule has 10 heteroatoms. The quantitative estimate of drug-likeness (QED) is 0.538. The highest BCUT2D eigenvalue weighted by Gasteiger charge is 2.35. The lowest BCUT2D eigenvalue weighted by atomic mass is 10.1. The van der Waals surface area contributed by atoms with Gasteiger partial charge in [-0.1, -0.05) is 23.7 Å². The Morgan fingerprint density at radius 3 is 2.69 bits per heavy atom. The molecule has 3 amide bonds. The molecule has 152 valence electrons. The van der Waals surface area contributed by atoms with Gasteiger partial charge >= 0.3 is 5.97 Å². The van der Waals surface area contributed by atoms with Crippen molar-refractivity contribution in [1.82, 2.24) is 15.8 Å². The summed E-state index contributed by atoms with van der Waals surface area (Å²) in [5.74, 6) is -2.24. The van der Waals surface area contributed by atoms with Gasteiger partial charge in [0.05, 0.1) is 29.3 Å². The Labute approximate surface area is 170 Å². The van der Waals surface area contributed by atoms with E-state index in [1.165, 1.54) is 23.3 Å². The summed E-state index contributed by atoms with van der Waals surface area (Å²) in [6, 6.07) is 9.78. The zero-order chi connectivity index (χ0) is 20.8. The van der Waals surface area contributed by atoms with E-state index in [0.717, 1.165) is 0 Å². The van der Waals surface area contributed by atoms with Crippen molar-refractivity contribution in [1.29, 1.82) is 0 Å². The van der Waals surface area contributed by atoms with Crippen LogP contribution in [0, 0.1) is 5.92 Å². The molecule has 1 aromatic carbocycles. The number of ether oxygens (including phenoxy) is 1. The summed E-state index contributed by atoms with van der Waals surface area (Å²) in [7, 11) is 0. The SMILES string of the molecule is O=C(COC(=O)[C@H]1CC(=O)N(Cc2ccco2)C1)NNC(=O)c1ccccc1Cl. The van der Waals surface area contributed by atoms with Crippen LogP contribution in [0.15, 0.2) is 47.1 Å². The highest BCUT2D eigenvalue weighted by Crippen LogP contribution is 2.21. The number of halogens is 1. The van der Waals surface area contributed by atoms with Crippen molar-refractivity contribution in [3.8, 4) is 0 Å². The van der Waals surface area contributed by atoms with Crippen molar-refractivity contribution in [2.45, 2.75) is 13.0 Å². The summed E-state index contributed by atoms with van der Waals surface area (Å²) >= 11 is 5.90. The lowest BCUT2D eigenvalue weighted by Gasteiger charge is -2.14. The van der Waals surface area contributed by atoms with E-state index in [1.54, 1.807) is 24.3 Å². The average molecular weight is 420 g/mol. The van der Waals surface area contributed by atoms with E-state index in [-0.39, 0.29) is 36.0 Å². The number of nitrogens with one attached hydrogen (secondary N) is 2. The molecule has 0 saturated carbocycles. The highest BCUT2D eigenvalue weighted by atomic mass is 35.5. The monoisotopic (exact) mass is 419 g/mol. The van der Waals surface area contributed by atoms with Crippen LogP contribution in [0.1, 0.15) is 22.5 Å². The second-order valence-corrected chi connectivity index (χ2v) is 6.75. The third-order valence-corrected chi connectivity index (χ3v) is 4.58. The van der Waals surface area contributed by atoms with Crippen molar-refractivity contribution >= 4 is 35.3 Å². The fourth-order valence-corrected chi connectivity index (χ4v) is 3.02. The molecule has 3 rings (SSSR count). The summed E-state index contributed by atoms with van der Waals surface area (Å²) in [6.45, 7) is -0.141. The van der Waals surface area contributed by atoms with E-state index in [0.29, 0.717) is 5.76 Å². The van der Waals surface area contributed by atoms with Crippen molar-refractivity contribution < 1.29 is 28.3 Å². The molecule has 2 aromatic rings. The normalized spacial score (nSPS) is 15.8. The molecule has 2 heterocycles. The predicted octanol–water partition coefficient (Wildman–Crippen LogP) is 1.29. The number of carbonyl (C=O) groups excluding carboxylic acids is 4. The molecule has 0 radical (unpaired) electrons. The third kappa shape index (κ3) is 5.35. The fraction of sp³-hybridized carbons (Fsp3) is 0.263. The van der Waals surface area contributed by atoms with Gasteiger partial charge in [0.25, 0.3) is 11.8 Å². The number of carbonyl (C=O) groups is 4. The molecule has 0 aliphatic carbocycles. The van der Waals surface area contributed by atoms with Gasteiger partial charge in [0.15, 0.2) is 6.61 Å². The number of amides is 3. The molecule has 0 unspecified atom stereocenters. The van der Waals surface area contributed by atoms with Crippen LogP contribution >= 0.6 is 11.6 Å². The van der Waals surface area contributed by atoms with Gasteiger partial charge in [-0.15, -0.1) is 0 Å². The molecule has 1 aromatic heterocycles. The van der Waals surface area contributed by atoms with Crippen molar-refractivity contribution in [2.75, 3.05) is 13.2 Å². The van der Waals surface area contributed by atoms with Gasteiger partial charge in [-0.05, 0) is 24.3 Å². The van der Waals surface area contributed by atoms with Crippen LogP contribution in [0.5, 0.6) is 0 Å². The van der Waals surface area contributed by atoms with Gasteiger partial charge in [0.2, 0.25) is 5.91 Å². The lowest BCUT2D eigenvalue weighted by Crippen LogP contribution is -2.44. The minimum Gasteiger partial charge on any atom is -0.467 e. The number of hydrogen-bond donors (Lipinski definition) is 2. The molecule has 9 nitrogen and oxygen atoms in total. The number of esters is 1. The fourth-order valence-electron chi connectivity index (χ4n) is 2.80. The Bertz CT molecular complexity index is 914. The summed E-state index contributed by atoms with van der Waals surface area (Å²) in [5.41, 5.74) is 4.51. The third-order valence-electron chi connectivity index (χ3n) is 4.25. The van der Waals surface area contributed by atoms with Crippen LogP contribution < -0.4 is 10.9 Å². The van der Waals surface area contributed by atoms with Gasteiger partial charge in [-0.25, -0.2) is 0 Å². The van der Waals surface area contributed by atoms with Crippen molar-refractivity contribution in [3.63, 3.8) is 0 Å². The number of furan rings is 1. The maximum absolute atomic E-state index is 12.1. The standard InChI is InChI=1S/C19H18ClN3O6/c20-15-6-2-1-5-14(15)18(26)22-21-16(24)11-29-19(27)12-8-17(25)23(9-12)10-13-4-3-7-28-13/h1-7,12H,8-11H2,(H,21,24)(H,22,26)/t12-/m0/s1. The first-order valence-electron chi connectivity index (χ1n) is 8.74. The molecule has 29 heavy (non-hydrogen) atoms. The number of nitrogens with zero attached hydrogens (tertiary/aromatic N) is 1. The molecule has 0 bridgehead atoms. The second kappa shape index (κ2) is 9.24. The van der Waals surface area contributed by atoms with Crippen LogP contribution in [-0.2, 0) is 25.7 Å². The maximum atomic E-state index is 12.1. The van der Waals surface area contributed by atoms with Gasteiger partial charge in [0.1, 0.15) is 5.76 Å². The van der Waals surface area contributed by atoms with Gasteiger partial charge in [-0.2, -0.15) is 0 Å². The Hall–Kier alpha value is -3.33. The van der Waals surface area contributed by atoms with E-state index in [9.17, 15) is 19.2 Å². The number of hydrazine groups is 1. The number of rotatable bonds is 6. The summed E-state index contributed by atoms with van der Waals surface area (Å²) < 4.78 is 10.1. The van der Waals surface area contributed by atoms with Crippen LogP contribution in [0.25, 0.3) is 0 Å². The zero-order valence-corrected chi connectivity index (χ0v) is 16.0. The van der Waals surface area contributed by atoms with Gasteiger partial charge < -0.3 is 14.1 Å². The largest absolute Gasteiger partial charge is 0.467 e. The molecule has 0 spiro atoms. The Morgan fingerprint density at radius 2 is 1.97 bits per heavy atom. The second-order valence-electron chi connectivity index (χ2n) is 6.34. The number of likely N-dealkylation sites (tertiary alicyclic amines) is 1. The lowest BCUT2D eigenvalue weighted by molar-refractivity contribution is -0.152. The Morgan fingerprint density at radius 1 is 1.17 bits per heavy atom. The Kier molecular flexibility index (Phi) is 6.50. The number of hydrogen-bond acceptors (Lipinski definition) is 6. The van der Waals surface area contributed by atoms with E-state index < -0.39 is 30.3 Å². The van der Waals surface area contributed by atoms with E-state index >= 15 is 0 Å². The predicted molar refractivity (Wildman–Crippen MR) is 100 cm³/mol. The summed E-state index contributed by atoms with van der Waals surface area (Å²) in [6.07, 6.45) is 1.51. The Balaban J connectivity index is 1.41. The smallest absolute Gasteiger partial charge is 0.311 e. The first-order chi connectivity index (χ1) is 13.9. The van der Waals surface area contributed by atoms with E-state index in [2.05, 4.69) is 10.9 Å². The summed E-state index contributed by atoms with van der Waals surface area (Å²) in [4.78, 5) is 49.4. The molecule has 1 saturated heterocycles. The maximum Gasteiger partial charge on any atom is 0.311 e. The van der Waals surface area contributed by atoms with E-state index in [1.807, 2.05) is 0 Å². The van der Waals surface area contributed by atoms with Crippen LogP contribution in [0.4, 0.5) is 0 Å². The van der Waals surface area contributed by atoms with Gasteiger partial charge in [-0.3, -0.25) is 30.0 Å². The molecule has 2 N–H and O–H groups in total. The van der Waals surface area contributed by atoms with Crippen LogP contribution in [0.3, 0.4) is 0 Å². The molecular weight excluding hydrogens is 402 g/mol. The zero-order valence-electron chi connectivity index (χ0n) is 15.2.